The summed E-state index contributed by atoms with van der Waals surface area (Å²) in [5, 5.41) is 3.42. The Labute approximate surface area is 80.8 Å². The van der Waals surface area contributed by atoms with Crippen LogP contribution in [0, 0.1) is 5.92 Å². The monoisotopic (exact) mass is 180 g/mol. The molecule has 2 heteroatoms. The van der Waals surface area contributed by atoms with E-state index in [1.165, 1.54) is 44.9 Å². The smallest absolute Gasteiger partial charge is 0.0826 e. The van der Waals surface area contributed by atoms with E-state index < -0.39 is 0 Å². The van der Waals surface area contributed by atoms with Crippen LogP contribution in [-0.2, 0) is 0 Å². The molecule has 2 unspecified atom stereocenters. The van der Waals surface area contributed by atoms with Crippen molar-refractivity contribution < 1.29 is 0 Å². The van der Waals surface area contributed by atoms with E-state index in [1.807, 2.05) is 6.34 Å². The molecular formula is C11H20N2. The standard InChI is InChI=1S/C11H20N2/c1-2-4-6-10-8-12-9-13-11(10)7-5-3-1/h9-11H,1-8H2,(H,12,13). The largest absolute Gasteiger partial charge is 0.373 e. The first kappa shape index (κ1) is 9.04. The number of aliphatic imine (C=N–C) groups is 1. The summed E-state index contributed by atoms with van der Waals surface area (Å²) >= 11 is 0. The van der Waals surface area contributed by atoms with Gasteiger partial charge < -0.3 is 5.32 Å². The highest BCUT2D eigenvalue weighted by Crippen LogP contribution is 2.23. The third-order valence-corrected chi connectivity index (χ3v) is 3.38. The summed E-state index contributed by atoms with van der Waals surface area (Å²) in [5.74, 6) is 0.822. The molecule has 1 aliphatic heterocycles. The Morgan fingerprint density at radius 2 is 1.77 bits per heavy atom. The van der Waals surface area contributed by atoms with Gasteiger partial charge in [0, 0.05) is 12.6 Å². The molecule has 1 aliphatic carbocycles. The second-order valence-corrected chi connectivity index (χ2v) is 4.37. The lowest BCUT2D eigenvalue weighted by molar-refractivity contribution is 0.343. The minimum Gasteiger partial charge on any atom is -0.373 e. The summed E-state index contributed by atoms with van der Waals surface area (Å²) in [6.07, 6.45) is 11.8. The molecule has 2 atom stereocenters. The minimum atomic E-state index is 0.732. The Kier molecular flexibility index (Phi) is 3.22. The zero-order chi connectivity index (χ0) is 8.93. The van der Waals surface area contributed by atoms with Gasteiger partial charge in [0.1, 0.15) is 0 Å². The highest BCUT2D eigenvalue weighted by atomic mass is 15.0. The van der Waals surface area contributed by atoms with Crippen LogP contribution in [0.4, 0.5) is 0 Å². The van der Waals surface area contributed by atoms with Crippen LogP contribution in [-0.4, -0.2) is 18.9 Å². The SMILES string of the molecule is C1=NCC2CCCCCCCC2N1. The maximum atomic E-state index is 4.33. The summed E-state index contributed by atoms with van der Waals surface area (Å²) in [6.45, 7) is 1.07. The summed E-state index contributed by atoms with van der Waals surface area (Å²) in [6, 6.07) is 0.732. The molecule has 0 radical (unpaired) electrons. The van der Waals surface area contributed by atoms with Crippen LogP contribution in [0.3, 0.4) is 0 Å². The van der Waals surface area contributed by atoms with Crippen LogP contribution in [0.25, 0.3) is 0 Å². The number of rotatable bonds is 0. The van der Waals surface area contributed by atoms with Gasteiger partial charge in [0.05, 0.1) is 6.34 Å². The van der Waals surface area contributed by atoms with Crippen LogP contribution in [0.5, 0.6) is 0 Å². The molecule has 13 heavy (non-hydrogen) atoms. The number of hydrogen-bond donors (Lipinski definition) is 1. The van der Waals surface area contributed by atoms with Gasteiger partial charge in [0.2, 0.25) is 0 Å². The fourth-order valence-electron chi connectivity index (χ4n) is 2.51. The van der Waals surface area contributed by atoms with Gasteiger partial charge in [-0.15, -0.1) is 0 Å². The summed E-state index contributed by atoms with van der Waals surface area (Å²) < 4.78 is 0. The van der Waals surface area contributed by atoms with Crippen LogP contribution < -0.4 is 5.32 Å². The molecule has 1 heterocycles. The topological polar surface area (TPSA) is 24.4 Å². The molecule has 1 N–H and O–H groups in total. The molecule has 0 spiro atoms. The van der Waals surface area contributed by atoms with Gasteiger partial charge in [-0.2, -0.15) is 0 Å². The number of nitrogens with zero attached hydrogens (tertiary/aromatic N) is 1. The molecule has 0 bridgehead atoms. The molecule has 2 nitrogen and oxygen atoms in total. The van der Waals surface area contributed by atoms with E-state index in [2.05, 4.69) is 10.3 Å². The van der Waals surface area contributed by atoms with Gasteiger partial charge in [-0.3, -0.25) is 4.99 Å². The Morgan fingerprint density at radius 3 is 2.69 bits per heavy atom. The summed E-state index contributed by atoms with van der Waals surface area (Å²) in [4.78, 5) is 4.33. The summed E-state index contributed by atoms with van der Waals surface area (Å²) in [7, 11) is 0. The average molecular weight is 180 g/mol. The molecule has 74 valence electrons. The highest BCUT2D eigenvalue weighted by Gasteiger charge is 2.22. The second-order valence-electron chi connectivity index (χ2n) is 4.37. The van der Waals surface area contributed by atoms with Crippen molar-refractivity contribution >= 4 is 6.34 Å². The van der Waals surface area contributed by atoms with Crippen LogP contribution in [0.1, 0.15) is 44.9 Å². The predicted octanol–water partition coefficient (Wildman–Crippen LogP) is 2.35. The molecule has 0 aromatic rings. The quantitative estimate of drug-likeness (QED) is 0.608. The Bertz CT molecular complexity index is 159. The highest BCUT2D eigenvalue weighted by molar-refractivity contribution is 5.55. The molecular weight excluding hydrogens is 160 g/mol. The first-order valence-corrected chi connectivity index (χ1v) is 5.71. The van der Waals surface area contributed by atoms with E-state index in [1.54, 1.807) is 0 Å². The van der Waals surface area contributed by atoms with Crippen molar-refractivity contribution in [2.45, 2.75) is 51.0 Å². The zero-order valence-corrected chi connectivity index (χ0v) is 8.34. The lowest BCUT2D eigenvalue weighted by Gasteiger charge is -2.28. The van der Waals surface area contributed by atoms with Crippen LogP contribution in [0.15, 0.2) is 4.99 Å². The van der Waals surface area contributed by atoms with E-state index in [9.17, 15) is 0 Å². The van der Waals surface area contributed by atoms with Gasteiger partial charge in [-0.1, -0.05) is 32.1 Å². The van der Waals surface area contributed by atoms with Crippen LogP contribution >= 0.6 is 0 Å². The predicted molar refractivity (Wildman–Crippen MR) is 56.1 cm³/mol. The Hall–Kier alpha value is -0.530. The van der Waals surface area contributed by atoms with Gasteiger partial charge in [-0.25, -0.2) is 0 Å². The van der Waals surface area contributed by atoms with Gasteiger partial charge in [0.15, 0.2) is 0 Å². The molecule has 1 saturated carbocycles. The molecule has 2 aliphatic rings. The van der Waals surface area contributed by atoms with Crippen molar-refractivity contribution in [1.29, 1.82) is 0 Å². The van der Waals surface area contributed by atoms with Crippen molar-refractivity contribution in [3.05, 3.63) is 0 Å². The van der Waals surface area contributed by atoms with E-state index >= 15 is 0 Å². The first-order chi connectivity index (χ1) is 6.47. The van der Waals surface area contributed by atoms with Crippen LogP contribution in [0.2, 0.25) is 0 Å². The minimum absolute atomic E-state index is 0.732. The van der Waals surface area contributed by atoms with Gasteiger partial charge >= 0.3 is 0 Å². The Morgan fingerprint density at radius 1 is 1.00 bits per heavy atom. The first-order valence-electron chi connectivity index (χ1n) is 5.71. The van der Waals surface area contributed by atoms with Crippen molar-refractivity contribution in [3.8, 4) is 0 Å². The van der Waals surface area contributed by atoms with Gasteiger partial charge in [-0.05, 0) is 18.8 Å². The number of nitrogens with one attached hydrogen (secondary N) is 1. The van der Waals surface area contributed by atoms with E-state index in [0.717, 1.165) is 18.5 Å². The van der Waals surface area contributed by atoms with Gasteiger partial charge in [0.25, 0.3) is 0 Å². The maximum absolute atomic E-state index is 4.33. The van der Waals surface area contributed by atoms with E-state index in [-0.39, 0.29) is 0 Å². The number of hydrogen-bond acceptors (Lipinski definition) is 2. The molecule has 1 fully saturated rings. The fourth-order valence-corrected chi connectivity index (χ4v) is 2.51. The molecule has 0 aromatic heterocycles. The lowest BCUT2D eigenvalue weighted by Crippen LogP contribution is -2.40. The summed E-state index contributed by atoms with van der Waals surface area (Å²) in [5.41, 5.74) is 0. The normalized spacial score (nSPS) is 35.1. The Balaban J connectivity index is 1.93. The lowest BCUT2D eigenvalue weighted by atomic mass is 9.91. The average Bonchev–Trinajstić information content (AvgIpc) is 2.28. The molecule has 0 amide bonds. The van der Waals surface area contributed by atoms with Crippen molar-refractivity contribution in [2.24, 2.45) is 10.9 Å². The number of fused-ring (bicyclic) bond motifs is 1. The van der Waals surface area contributed by atoms with E-state index in [0.29, 0.717) is 0 Å². The van der Waals surface area contributed by atoms with Crippen molar-refractivity contribution in [2.75, 3.05) is 6.54 Å². The zero-order valence-electron chi connectivity index (χ0n) is 8.34. The fraction of sp³-hybridized carbons (Fsp3) is 0.909. The maximum Gasteiger partial charge on any atom is 0.0826 e. The van der Waals surface area contributed by atoms with Crippen molar-refractivity contribution in [3.63, 3.8) is 0 Å². The molecule has 0 aromatic carbocycles. The molecule has 0 saturated heterocycles. The van der Waals surface area contributed by atoms with Crippen molar-refractivity contribution in [1.82, 2.24) is 5.32 Å². The second kappa shape index (κ2) is 4.64. The van der Waals surface area contributed by atoms with E-state index in [4.69, 9.17) is 0 Å². The third kappa shape index (κ3) is 2.45. The molecule has 2 rings (SSSR count). The third-order valence-electron chi connectivity index (χ3n) is 3.38.